The molecule has 0 aromatic heterocycles. The van der Waals surface area contributed by atoms with Crippen molar-refractivity contribution in [1.29, 1.82) is 0 Å². The van der Waals surface area contributed by atoms with Gasteiger partial charge in [-0.05, 0) is 55.0 Å². The summed E-state index contributed by atoms with van der Waals surface area (Å²) in [6, 6.07) is 5.64. The minimum atomic E-state index is -6.35. The maximum absolute atomic E-state index is 14.6. The predicted octanol–water partition coefficient (Wildman–Crippen LogP) is 5.57. The fourth-order valence-electron chi connectivity index (χ4n) is 5.54. The van der Waals surface area contributed by atoms with Gasteiger partial charge in [0.1, 0.15) is 22.6 Å². The zero-order valence-electron chi connectivity index (χ0n) is 20.8. The molecule has 4 rings (SSSR count). The third-order valence-corrected chi connectivity index (χ3v) is 10.4. The molecule has 2 atom stereocenters. The van der Waals surface area contributed by atoms with Crippen molar-refractivity contribution in [2.75, 3.05) is 13.1 Å². The van der Waals surface area contributed by atoms with Crippen LogP contribution in [0, 0.1) is 11.7 Å². The number of Topliss-reactive ketones (excluding diaryl/α,β-unsaturated/α-hetero) is 1. The van der Waals surface area contributed by atoms with Crippen LogP contribution in [0.2, 0.25) is 0 Å². The summed E-state index contributed by atoms with van der Waals surface area (Å²) in [5.74, 6) is -1.08. The standard InChI is InChI=1S/C26H25F8NO4S/c27-19-7-11-21(12-8-19)40(38,39)23(13-14-35(15-23)22(37)16-1-9-20(36)10-2-16)17-3-5-18(6-4-17)24(28,25(29,30)31)26(32,33)34/h3-8,11-12,16,22,37H,1-2,9-10,13-15H2. The SMILES string of the molecule is O=C1CCC(C(O)N2CCC(c3ccc(C(F)(C(F)(F)F)C(F)(F)F)cc3)(S(=O)(=O)c3ccc(F)cc3)C2)CC1. The van der Waals surface area contributed by atoms with Crippen molar-refractivity contribution >= 4 is 15.6 Å². The normalized spacial score (nSPS) is 23.0. The minimum Gasteiger partial charge on any atom is -0.378 e. The van der Waals surface area contributed by atoms with E-state index in [2.05, 4.69) is 0 Å². The largest absolute Gasteiger partial charge is 0.435 e. The first kappa shape index (κ1) is 30.4. The van der Waals surface area contributed by atoms with Crippen molar-refractivity contribution in [2.24, 2.45) is 5.92 Å². The predicted molar refractivity (Wildman–Crippen MR) is 126 cm³/mol. The summed E-state index contributed by atoms with van der Waals surface area (Å²) in [7, 11) is -4.49. The van der Waals surface area contributed by atoms with Crippen LogP contribution in [0.3, 0.4) is 0 Å². The third kappa shape index (κ3) is 5.02. The summed E-state index contributed by atoms with van der Waals surface area (Å²) in [5.41, 5.74) is -7.69. The van der Waals surface area contributed by atoms with Gasteiger partial charge in [0.2, 0.25) is 0 Å². The summed E-state index contributed by atoms with van der Waals surface area (Å²) in [6.07, 6.45) is -12.9. The van der Waals surface area contributed by atoms with Crippen LogP contribution in [0.4, 0.5) is 35.1 Å². The number of sulfone groups is 1. The first-order chi connectivity index (χ1) is 18.4. The topological polar surface area (TPSA) is 74.7 Å². The van der Waals surface area contributed by atoms with Crippen LogP contribution in [-0.2, 0) is 25.0 Å². The molecule has 0 bridgehead atoms. The molecule has 2 aromatic carbocycles. The molecule has 1 saturated heterocycles. The molecule has 2 aromatic rings. The minimum absolute atomic E-state index is 0.0219. The Morgan fingerprint density at radius 1 is 0.875 bits per heavy atom. The fraction of sp³-hybridized carbons (Fsp3) is 0.500. The molecule has 1 heterocycles. The van der Waals surface area contributed by atoms with E-state index in [1.54, 1.807) is 0 Å². The van der Waals surface area contributed by atoms with Crippen LogP contribution in [0.5, 0.6) is 0 Å². The average Bonchev–Trinajstić information content (AvgIpc) is 3.35. The van der Waals surface area contributed by atoms with Crippen LogP contribution in [0.15, 0.2) is 53.4 Å². The Bertz CT molecular complexity index is 1320. The monoisotopic (exact) mass is 599 g/mol. The molecule has 2 unspecified atom stereocenters. The summed E-state index contributed by atoms with van der Waals surface area (Å²) in [5, 5.41) is 11.0. The molecular weight excluding hydrogens is 574 g/mol. The molecule has 220 valence electrons. The van der Waals surface area contributed by atoms with Crippen molar-refractivity contribution in [2.45, 2.75) is 66.0 Å². The molecule has 2 aliphatic rings. The lowest BCUT2D eigenvalue weighted by molar-refractivity contribution is -0.348. The maximum atomic E-state index is 14.6. The number of rotatable bonds is 6. The second kappa shape index (κ2) is 10.4. The smallest absolute Gasteiger partial charge is 0.378 e. The van der Waals surface area contributed by atoms with E-state index >= 15 is 0 Å². The second-order valence-electron chi connectivity index (χ2n) is 10.2. The number of likely N-dealkylation sites (tertiary alicyclic amines) is 1. The van der Waals surface area contributed by atoms with Gasteiger partial charge in [0.05, 0.1) is 4.90 Å². The number of nitrogens with zero attached hydrogens (tertiary/aromatic N) is 1. The number of carbonyl (C=O) groups excluding carboxylic acids is 1. The molecule has 1 saturated carbocycles. The maximum Gasteiger partial charge on any atom is 0.435 e. The van der Waals surface area contributed by atoms with Gasteiger partial charge in [-0.3, -0.25) is 9.69 Å². The number of ketones is 1. The number of halogens is 8. The number of aliphatic hydroxyl groups is 1. The molecular formula is C26H25F8NO4S. The van der Waals surface area contributed by atoms with Gasteiger partial charge < -0.3 is 5.11 Å². The lowest BCUT2D eigenvalue weighted by atomic mass is 9.86. The van der Waals surface area contributed by atoms with E-state index in [-0.39, 0.29) is 60.1 Å². The van der Waals surface area contributed by atoms with Crippen LogP contribution in [0.25, 0.3) is 0 Å². The molecule has 5 nitrogen and oxygen atoms in total. The van der Waals surface area contributed by atoms with Crippen molar-refractivity contribution in [3.05, 3.63) is 65.5 Å². The van der Waals surface area contributed by atoms with Crippen LogP contribution in [0.1, 0.15) is 43.2 Å². The molecule has 14 heteroatoms. The Hall–Kier alpha value is -2.58. The van der Waals surface area contributed by atoms with E-state index in [1.807, 2.05) is 0 Å². The second-order valence-corrected chi connectivity index (χ2v) is 12.5. The summed E-state index contributed by atoms with van der Waals surface area (Å²) < 4.78 is 134. The van der Waals surface area contributed by atoms with Crippen molar-refractivity contribution in [3.63, 3.8) is 0 Å². The van der Waals surface area contributed by atoms with Gasteiger partial charge in [0.25, 0.3) is 0 Å². The van der Waals surface area contributed by atoms with Crippen molar-refractivity contribution in [1.82, 2.24) is 4.90 Å². The molecule has 40 heavy (non-hydrogen) atoms. The van der Waals surface area contributed by atoms with Gasteiger partial charge in [-0.15, -0.1) is 0 Å². The lowest BCUT2D eigenvalue weighted by Gasteiger charge is -2.35. The zero-order chi connectivity index (χ0) is 29.7. The molecule has 0 amide bonds. The Labute approximate surface area is 224 Å². The number of alkyl halides is 7. The molecule has 1 aliphatic carbocycles. The number of hydrogen-bond acceptors (Lipinski definition) is 5. The summed E-state index contributed by atoms with van der Waals surface area (Å²) >= 11 is 0. The Morgan fingerprint density at radius 2 is 1.40 bits per heavy atom. The average molecular weight is 600 g/mol. The molecule has 0 spiro atoms. The van der Waals surface area contributed by atoms with E-state index < -0.39 is 56.8 Å². The molecule has 0 radical (unpaired) electrons. The zero-order valence-corrected chi connectivity index (χ0v) is 21.6. The van der Waals surface area contributed by atoms with E-state index in [1.165, 1.54) is 4.90 Å². The van der Waals surface area contributed by atoms with Crippen molar-refractivity contribution < 1.29 is 53.4 Å². The van der Waals surface area contributed by atoms with Gasteiger partial charge in [-0.1, -0.05) is 24.3 Å². The number of carbonyl (C=O) groups is 1. The van der Waals surface area contributed by atoms with Crippen LogP contribution < -0.4 is 0 Å². The van der Waals surface area contributed by atoms with Crippen LogP contribution in [-0.4, -0.2) is 55.9 Å². The fourth-order valence-corrected chi connectivity index (χ4v) is 7.62. The van der Waals surface area contributed by atoms with E-state index in [4.69, 9.17) is 0 Å². The molecule has 2 fully saturated rings. The van der Waals surface area contributed by atoms with Crippen molar-refractivity contribution in [3.8, 4) is 0 Å². The molecule has 1 aliphatic heterocycles. The third-order valence-electron chi connectivity index (χ3n) is 7.87. The Morgan fingerprint density at radius 3 is 1.90 bits per heavy atom. The number of benzene rings is 2. The Kier molecular flexibility index (Phi) is 7.87. The number of aliphatic hydroxyl groups excluding tert-OH is 1. The van der Waals surface area contributed by atoms with Crippen LogP contribution >= 0.6 is 0 Å². The van der Waals surface area contributed by atoms with Gasteiger partial charge in [-0.2, -0.15) is 26.3 Å². The first-order valence-electron chi connectivity index (χ1n) is 12.3. The first-order valence-corrected chi connectivity index (χ1v) is 13.8. The highest BCUT2D eigenvalue weighted by molar-refractivity contribution is 7.92. The summed E-state index contributed by atoms with van der Waals surface area (Å²) in [6.45, 7) is -0.428. The highest BCUT2D eigenvalue weighted by Gasteiger charge is 2.73. The van der Waals surface area contributed by atoms with E-state index in [0.29, 0.717) is 25.0 Å². The highest BCUT2D eigenvalue weighted by Crippen LogP contribution is 2.54. The number of hydrogen-bond donors (Lipinski definition) is 1. The van der Waals surface area contributed by atoms with Gasteiger partial charge in [-0.25, -0.2) is 17.2 Å². The summed E-state index contributed by atoms with van der Waals surface area (Å²) in [4.78, 5) is 12.7. The quantitative estimate of drug-likeness (QED) is 0.348. The van der Waals surface area contributed by atoms with E-state index in [9.17, 15) is 53.4 Å². The van der Waals surface area contributed by atoms with Gasteiger partial charge in [0, 0.05) is 31.5 Å². The Balaban J connectivity index is 1.78. The van der Waals surface area contributed by atoms with Gasteiger partial charge >= 0.3 is 18.0 Å². The van der Waals surface area contributed by atoms with Gasteiger partial charge in [0.15, 0.2) is 9.84 Å². The highest BCUT2D eigenvalue weighted by atomic mass is 32.2. The molecule has 1 N–H and O–H groups in total. The van der Waals surface area contributed by atoms with E-state index in [0.717, 1.165) is 24.3 Å². The lowest BCUT2D eigenvalue weighted by Crippen LogP contribution is -2.50.